The van der Waals surface area contributed by atoms with Crippen molar-refractivity contribution in [3.63, 3.8) is 0 Å². The molecule has 0 saturated carbocycles. The summed E-state index contributed by atoms with van der Waals surface area (Å²) < 4.78 is 7.01. The Balaban J connectivity index is 1.73. The van der Waals surface area contributed by atoms with Gasteiger partial charge in [-0.1, -0.05) is 49.4 Å². The molecule has 2 aromatic heterocycles. The number of thiazole rings is 1. The third-order valence-corrected chi connectivity index (χ3v) is 6.68. The number of hydrogen-bond donors (Lipinski definition) is 0. The van der Waals surface area contributed by atoms with Crippen molar-refractivity contribution in [2.45, 2.75) is 27.7 Å². The molecule has 0 aliphatic carbocycles. The lowest BCUT2D eigenvalue weighted by molar-refractivity contribution is 0.0959. The molecule has 0 bridgehead atoms. The van der Waals surface area contributed by atoms with Crippen molar-refractivity contribution in [3.8, 4) is 0 Å². The maximum atomic E-state index is 13.5. The Kier molecular flexibility index (Phi) is 5.88. The number of rotatable bonds is 7. The third kappa shape index (κ3) is 3.98. The monoisotopic (exact) mass is 421 g/mol. The number of carbonyl (C=O) groups excluding carboxylic acids is 1. The highest BCUT2D eigenvalue weighted by Crippen LogP contribution is 2.33. The highest BCUT2D eigenvalue weighted by Gasteiger charge is 2.25. The summed E-state index contributed by atoms with van der Waals surface area (Å²) in [5, 5.41) is 1.65. The molecule has 4 rings (SSSR count). The number of aryl methyl sites for hydroxylation is 2. The fraction of sp³-hybridized carbons (Fsp3) is 0.333. The van der Waals surface area contributed by atoms with Gasteiger partial charge in [0.2, 0.25) is 0 Å². The molecule has 1 amide bonds. The van der Waals surface area contributed by atoms with Gasteiger partial charge in [0.05, 0.1) is 10.2 Å². The first-order valence-corrected chi connectivity index (χ1v) is 11.2. The maximum absolute atomic E-state index is 13.5. The molecule has 0 radical (unpaired) electrons. The zero-order valence-corrected chi connectivity index (χ0v) is 18.8. The minimum atomic E-state index is -0.146. The molecular weight excluding hydrogens is 394 g/mol. The Bertz CT molecular complexity index is 1160. The Hall–Kier alpha value is -2.70. The Morgan fingerprint density at radius 2 is 1.83 bits per heavy atom. The van der Waals surface area contributed by atoms with Crippen molar-refractivity contribution in [1.29, 1.82) is 0 Å². The molecule has 5 nitrogen and oxygen atoms in total. The van der Waals surface area contributed by atoms with Gasteiger partial charge in [-0.25, -0.2) is 4.98 Å². The zero-order valence-electron chi connectivity index (χ0n) is 17.9. The fourth-order valence-electron chi connectivity index (χ4n) is 3.77. The highest BCUT2D eigenvalue weighted by molar-refractivity contribution is 7.22. The van der Waals surface area contributed by atoms with Crippen LogP contribution in [0.4, 0.5) is 5.13 Å². The highest BCUT2D eigenvalue weighted by atomic mass is 32.1. The van der Waals surface area contributed by atoms with Crippen LogP contribution < -0.4 is 4.90 Å². The molecule has 156 valence electrons. The normalized spacial score (nSPS) is 11.6. The van der Waals surface area contributed by atoms with E-state index in [-0.39, 0.29) is 5.91 Å². The van der Waals surface area contributed by atoms with Gasteiger partial charge in [0.15, 0.2) is 10.9 Å². The number of nitrogens with zero attached hydrogens (tertiary/aromatic N) is 3. The lowest BCUT2D eigenvalue weighted by atomic mass is 10.1. The first-order valence-electron chi connectivity index (χ1n) is 10.4. The van der Waals surface area contributed by atoms with Crippen LogP contribution in [-0.2, 0) is 0 Å². The third-order valence-electron chi connectivity index (χ3n) is 5.46. The Labute approximate surface area is 180 Å². The van der Waals surface area contributed by atoms with Crippen LogP contribution >= 0.6 is 11.3 Å². The van der Waals surface area contributed by atoms with Crippen LogP contribution in [0.25, 0.3) is 21.2 Å². The molecule has 0 aliphatic rings. The number of aromatic nitrogens is 1. The maximum Gasteiger partial charge on any atom is 0.295 e. The predicted octanol–water partition coefficient (Wildman–Crippen LogP) is 5.65. The van der Waals surface area contributed by atoms with Crippen LogP contribution in [0.3, 0.4) is 0 Å². The van der Waals surface area contributed by atoms with E-state index in [1.165, 1.54) is 11.1 Å². The van der Waals surface area contributed by atoms with Gasteiger partial charge in [0.25, 0.3) is 5.91 Å². The van der Waals surface area contributed by atoms with Crippen LogP contribution in [-0.4, -0.2) is 42.0 Å². The smallest absolute Gasteiger partial charge is 0.295 e. The fourth-order valence-corrected chi connectivity index (χ4v) is 4.81. The van der Waals surface area contributed by atoms with E-state index in [0.717, 1.165) is 46.0 Å². The van der Waals surface area contributed by atoms with E-state index < -0.39 is 0 Å². The van der Waals surface area contributed by atoms with E-state index in [9.17, 15) is 4.79 Å². The second-order valence-electron chi connectivity index (χ2n) is 7.56. The topological polar surface area (TPSA) is 49.6 Å². The van der Waals surface area contributed by atoms with Crippen LogP contribution in [0.2, 0.25) is 0 Å². The minimum Gasteiger partial charge on any atom is -0.451 e. The van der Waals surface area contributed by atoms with E-state index in [2.05, 4.69) is 44.7 Å². The van der Waals surface area contributed by atoms with Gasteiger partial charge >= 0.3 is 0 Å². The number of fused-ring (bicyclic) bond motifs is 2. The zero-order chi connectivity index (χ0) is 21.3. The predicted molar refractivity (Wildman–Crippen MR) is 125 cm³/mol. The molecular formula is C24H27N3O2S. The van der Waals surface area contributed by atoms with Crippen LogP contribution in [0.1, 0.15) is 35.5 Å². The molecule has 0 atom stereocenters. The summed E-state index contributed by atoms with van der Waals surface area (Å²) in [4.78, 5) is 22.4. The number of likely N-dealkylation sites (N-methyl/N-ethyl adjacent to an activating group) is 1. The van der Waals surface area contributed by atoms with Crippen molar-refractivity contribution in [2.75, 3.05) is 31.1 Å². The number of furan rings is 1. The standard InChI is InChI=1S/C24H27N3O2S/c1-5-26(6-2)11-12-27(23(28)21-15-18-9-7-8-10-20(18)29-21)24-25-19-14-16(3)13-17(4)22(19)30-24/h7-10,13-15H,5-6,11-12H2,1-4H3. The van der Waals surface area contributed by atoms with Crippen molar-refractivity contribution >= 4 is 43.6 Å². The molecule has 0 aliphatic heterocycles. The van der Waals surface area contributed by atoms with Gasteiger partial charge < -0.3 is 9.32 Å². The van der Waals surface area contributed by atoms with Crippen molar-refractivity contribution in [3.05, 3.63) is 59.4 Å². The van der Waals surface area contributed by atoms with Crippen LogP contribution in [0, 0.1) is 13.8 Å². The lowest BCUT2D eigenvalue weighted by Crippen LogP contribution is -2.38. The van der Waals surface area contributed by atoms with Gasteiger partial charge in [-0.3, -0.25) is 9.69 Å². The molecule has 0 N–H and O–H groups in total. The summed E-state index contributed by atoms with van der Waals surface area (Å²) in [5.41, 5.74) is 4.03. The molecule has 0 spiro atoms. The summed E-state index contributed by atoms with van der Waals surface area (Å²) in [7, 11) is 0. The van der Waals surface area contributed by atoms with Gasteiger partial charge in [0, 0.05) is 18.5 Å². The van der Waals surface area contributed by atoms with E-state index in [1.807, 2.05) is 30.3 Å². The molecule has 0 saturated heterocycles. The quantitative estimate of drug-likeness (QED) is 0.387. The van der Waals surface area contributed by atoms with Gasteiger partial charge in [-0.15, -0.1) is 0 Å². The van der Waals surface area contributed by atoms with Gasteiger partial charge in [-0.05, 0) is 56.3 Å². The van der Waals surface area contributed by atoms with Crippen molar-refractivity contribution in [1.82, 2.24) is 9.88 Å². The first kappa shape index (κ1) is 20.6. The Morgan fingerprint density at radius 1 is 1.07 bits per heavy atom. The van der Waals surface area contributed by atoms with Crippen molar-refractivity contribution in [2.24, 2.45) is 0 Å². The van der Waals surface area contributed by atoms with Crippen LogP contribution in [0.5, 0.6) is 0 Å². The number of hydrogen-bond acceptors (Lipinski definition) is 5. The van der Waals surface area contributed by atoms with E-state index >= 15 is 0 Å². The molecule has 6 heteroatoms. The van der Waals surface area contributed by atoms with E-state index in [0.29, 0.717) is 12.3 Å². The number of amides is 1. The van der Waals surface area contributed by atoms with E-state index in [1.54, 1.807) is 16.2 Å². The van der Waals surface area contributed by atoms with Gasteiger partial charge in [0.1, 0.15) is 5.58 Å². The molecule has 2 aromatic carbocycles. The first-order chi connectivity index (χ1) is 14.5. The van der Waals surface area contributed by atoms with Gasteiger partial charge in [-0.2, -0.15) is 0 Å². The summed E-state index contributed by atoms with van der Waals surface area (Å²) in [6, 6.07) is 13.8. The summed E-state index contributed by atoms with van der Waals surface area (Å²) >= 11 is 1.57. The largest absolute Gasteiger partial charge is 0.451 e. The lowest BCUT2D eigenvalue weighted by Gasteiger charge is -2.24. The van der Waals surface area contributed by atoms with Crippen molar-refractivity contribution < 1.29 is 9.21 Å². The second-order valence-corrected chi connectivity index (χ2v) is 8.54. The van der Waals surface area contributed by atoms with E-state index in [4.69, 9.17) is 9.40 Å². The summed E-state index contributed by atoms with van der Waals surface area (Å²) in [6.07, 6.45) is 0. The number of carbonyl (C=O) groups is 1. The van der Waals surface area contributed by atoms with Crippen LogP contribution in [0.15, 0.2) is 46.9 Å². The number of para-hydroxylation sites is 1. The number of anilines is 1. The molecule has 4 aromatic rings. The average molecular weight is 422 g/mol. The summed E-state index contributed by atoms with van der Waals surface area (Å²) in [6.45, 7) is 11.7. The molecule has 2 heterocycles. The average Bonchev–Trinajstić information content (AvgIpc) is 3.35. The summed E-state index contributed by atoms with van der Waals surface area (Å²) in [5.74, 6) is 0.203. The number of benzene rings is 2. The molecule has 0 unspecified atom stereocenters. The minimum absolute atomic E-state index is 0.146. The SMILES string of the molecule is CCN(CC)CCN(C(=O)c1cc2ccccc2o1)c1nc2cc(C)cc(C)c2s1. The second kappa shape index (κ2) is 8.58. The molecule has 0 fully saturated rings. The molecule has 30 heavy (non-hydrogen) atoms. The Morgan fingerprint density at radius 3 is 2.57 bits per heavy atom.